The molecule has 12 rings (SSSR count). The predicted octanol–water partition coefficient (Wildman–Crippen LogP) is 6.37. The van der Waals surface area contributed by atoms with Gasteiger partial charge in [0, 0.05) is 37.0 Å². The summed E-state index contributed by atoms with van der Waals surface area (Å²) in [6.45, 7) is 0. The number of hydrogen-bond acceptors (Lipinski definition) is 8. The van der Waals surface area contributed by atoms with E-state index in [0.29, 0.717) is 23.7 Å². The highest BCUT2D eigenvalue weighted by atomic mass is 16.2. The molecule has 6 saturated carbocycles. The van der Waals surface area contributed by atoms with Crippen LogP contribution >= 0.6 is 0 Å². The normalized spacial score (nSPS) is 46.2. The van der Waals surface area contributed by atoms with Gasteiger partial charge >= 0.3 is 0 Å². The molecule has 64 heavy (non-hydrogen) atoms. The Morgan fingerprint density at radius 2 is 0.578 bits per heavy atom. The van der Waals surface area contributed by atoms with Crippen LogP contribution in [0.2, 0.25) is 0 Å². The molecular formula is C52H66N4O8. The molecule has 0 aromatic rings. The minimum atomic E-state index is -0.758. The molecule has 8 amide bonds. The van der Waals surface area contributed by atoms with Crippen LogP contribution in [0.15, 0.2) is 24.3 Å². The van der Waals surface area contributed by atoms with Gasteiger partial charge in [-0.1, -0.05) is 24.3 Å². The summed E-state index contributed by atoms with van der Waals surface area (Å²) in [5.74, 6) is 0.516. The molecule has 10 atom stereocenters. The molecule has 12 heteroatoms. The monoisotopic (exact) mass is 874 g/mol. The molecule has 4 bridgehead atoms. The smallest absolute Gasteiger partial charge is 0.233 e. The maximum atomic E-state index is 14.0. The molecule has 4 saturated heterocycles. The van der Waals surface area contributed by atoms with Crippen LogP contribution in [-0.4, -0.2) is 91.0 Å². The SMILES string of the molecule is O=C1CC(C2CC(=O)N(C3CCC(CC4CCC(N5C(=O)C6C7C=CC(C7)C6C5=O)CC4)CC3)C2=O)C(=O)N1C1CCC(CC2CCC(N3C(=O)C4C5C=CC(C5)C4C3=O)CC2)CC1. The highest BCUT2D eigenvalue weighted by molar-refractivity contribution is 6.11. The van der Waals surface area contributed by atoms with Crippen molar-refractivity contribution in [3.05, 3.63) is 24.3 Å². The lowest BCUT2D eigenvalue weighted by atomic mass is 9.75. The molecule has 10 fully saturated rings. The first-order chi connectivity index (χ1) is 31.0. The summed E-state index contributed by atoms with van der Waals surface area (Å²) in [6, 6.07) is -0.239. The third-order valence-electron chi connectivity index (χ3n) is 20.0. The van der Waals surface area contributed by atoms with Crippen LogP contribution < -0.4 is 0 Å². The molecule has 342 valence electrons. The second-order valence-corrected chi connectivity index (χ2v) is 23.1. The maximum Gasteiger partial charge on any atom is 0.233 e. The number of fused-ring (bicyclic) bond motifs is 10. The second-order valence-electron chi connectivity index (χ2n) is 23.1. The highest BCUT2D eigenvalue weighted by Crippen LogP contribution is 2.55. The van der Waals surface area contributed by atoms with Crippen molar-refractivity contribution in [2.24, 2.45) is 82.9 Å². The number of hydrogen-bond donors (Lipinski definition) is 0. The standard InChI is InChI=1S/C52H66N4O8/c57-41-25-39(47(59)53(41)35-13-1-27(2-14-35)21-29-5-17-37(18-6-29)55-49(61)43-31-9-10-32(23-31)44(43)50(55)62)40-26-42(58)54(48(40)60)36-15-3-28(4-16-36)22-30-7-19-38(20-8-30)56-51(63)45-33-11-12-34(24-33)46(45)52(56)64/h9-12,27-40,43-46H,1-8,13-26H2. The van der Waals surface area contributed by atoms with E-state index in [1.807, 2.05) is 0 Å². The van der Waals surface area contributed by atoms with E-state index >= 15 is 0 Å². The number of carbonyl (C=O) groups excluding carboxylic acids is 8. The zero-order chi connectivity index (χ0) is 43.7. The molecule has 4 aliphatic heterocycles. The fourth-order valence-electron chi connectivity index (χ4n) is 16.8. The fraction of sp³-hybridized carbons (Fsp3) is 0.769. The van der Waals surface area contributed by atoms with Crippen molar-refractivity contribution in [1.29, 1.82) is 0 Å². The van der Waals surface area contributed by atoms with E-state index < -0.39 is 11.8 Å². The van der Waals surface area contributed by atoms with Crippen molar-refractivity contribution < 1.29 is 38.4 Å². The Balaban J connectivity index is 0.578. The summed E-state index contributed by atoms with van der Waals surface area (Å²) in [7, 11) is 0. The average Bonchev–Trinajstić information content (AvgIpc) is 4.19. The Morgan fingerprint density at radius 3 is 0.844 bits per heavy atom. The van der Waals surface area contributed by atoms with E-state index in [1.165, 1.54) is 9.80 Å². The quantitative estimate of drug-likeness (QED) is 0.192. The Morgan fingerprint density at radius 1 is 0.328 bits per heavy atom. The summed E-state index contributed by atoms with van der Waals surface area (Å²) in [6.07, 6.45) is 27.3. The van der Waals surface area contributed by atoms with E-state index in [4.69, 9.17) is 0 Å². The van der Waals surface area contributed by atoms with Crippen LogP contribution in [-0.2, 0) is 38.4 Å². The summed E-state index contributed by atoms with van der Waals surface area (Å²) in [4.78, 5) is 115. The summed E-state index contributed by atoms with van der Waals surface area (Å²) in [5, 5.41) is 0. The molecule has 8 aliphatic carbocycles. The Kier molecular flexibility index (Phi) is 10.3. The number of nitrogens with zero attached hydrogens (tertiary/aromatic N) is 4. The molecular weight excluding hydrogens is 809 g/mol. The first-order valence-corrected chi connectivity index (χ1v) is 25.8. The minimum absolute atomic E-state index is 0.00927. The predicted molar refractivity (Wildman–Crippen MR) is 231 cm³/mol. The largest absolute Gasteiger partial charge is 0.279 e. The van der Waals surface area contributed by atoms with E-state index in [2.05, 4.69) is 24.3 Å². The third kappa shape index (κ3) is 6.53. The van der Waals surface area contributed by atoms with Gasteiger partial charge in [0.2, 0.25) is 47.3 Å². The first-order valence-electron chi connectivity index (χ1n) is 25.8. The average molecular weight is 875 g/mol. The van der Waals surface area contributed by atoms with Crippen molar-refractivity contribution >= 4 is 47.3 Å². The highest BCUT2D eigenvalue weighted by Gasteiger charge is 2.62. The summed E-state index contributed by atoms with van der Waals surface area (Å²) >= 11 is 0. The number of carbonyl (C=O) groups is 8. The first kappa shape index (κ1) is 41.5. The lowest BCUT2D eigenvalue weighted by molar-refractivity contribution is -0.148. The van der Waals surface area contributed by atoms with E-state index in [0.717, 1.165) is 128 Å². The lowest BCUT2D eigenvalue weighted by Crippen LogP contribution is -2.45. The zero-order valence-electron chi connectivity index (χ0n) is 37.3. The summed E-state index contributed by atoms with van der Waals surface area (Å²) in [5.41, 5.74) is 0. The molecule has 0 aromatic carbocycles. The molecule has 12 aliphatic rings. The maximum absolute atomic E-state index is 14.0. The van der Waals surface area contributed by atoms with Gasteiger partial charge in [-0.2, -0.15) is 0 Å². The Hall–Kier alpha value is -3.96. The topological polar surface area (TPSA) is 150 Å². The third-order valence-corrected chi connectivity index (χ3v) is 20.0. The molecule has 0 N–H and O–H groups in total. The number of likely N-dealkylation sites (tertiary alicyclic amines) is 4. The van der Waals surface area contributed by atoms with Gasteiger partial charge in [-0.25, -0.2) is 0 Å². The van der Waals surface area contributed by atoms with Crippen molar-refractivity contribution in [1.82, 2.24) is 19.6 Å². The van der Waals surface area contributed by atoms with Gasteiger partial charge in [0.15, 0.2) is 0 Å². The van der Waals surface area contributed by atoms with Crippen LogP contribution in [0.1, 0.15) is 141 Å². The molecule has 4 heterocycles. The van der Waals surface area contributed by atoms with Crippen LogP contribution in [0.25, 0.3) is 0 Å². The van der Waals surface area contributed by atoms with Crippen molar-refractivity contribution in [2.75, 3.05) is 0 Å². The molecule has 0 spiro atoms. The van der Waals surface area contributed by atoms with E-state index in [1.54, 1.807) is 9.80 Å². The summed E-state index contributed by atoms with van der Waals surface area (Å²) < 4.78 is 0. The van der Waals surface area contributed by atoms with Gasteiger partial charge in [0.05, 0.1) is 35.5 Å². The number of amides is 8. The molecule has 0 radical (unpaired) electrons. The molecule has 0 aromatic heterocycles. The van der Waals surface area contributed by atoms with Gasteiger partial charge < -0.3 is 0 Å². The molecule has 10 unspecified atom stereocenters. The number of imide groups is 4. The Bertz CT molecular complexity index is 1880. The second kappa shape index (κ2) is 15.8. The number of allylic oxidation sites excluding steroid dienone is 4. The van der Waals surface area contributed by atoms with Crippen molar-refractivity contribution in [2.45, 2.75) is 165 Å². The Labute approximate surface area is 376 Å². The van der Waals surface area contributed by atoms with Gasteiger partial charge in [-0.05, 0) is 176 Å². The van der Waals surface area contributed by atoms with E-state index in [-0.39, 0.29) is 132 Å². The van der Waals surface area contributed by atoms with Crippen LogP contribution in [0, 0.1) is 82.9 Å². The van der Waals surface area contributed by atoms with Crippen LogP contribution in [0.3, 0.4) is 0 Å². The van der Waals surface area contributed by atoms with Crippen molar-refractivity contribution in [3.8, 4) is 0 Å². The van der Waals surface area contributed by atoms with Crippen molar-refractivity contribution in [3.63, 3.8) is 0 Å². The van der Waals surface area contributed by atoms with E-state index in [9.17, 15) is 38.4 Å². The van der Waals surface area contributed by atoms with Gasteiger partial charge in [0.25, 0.3) is 0 Å². The number of rotatable bonds is 9. The van der Waals surface area contributed by atoms with Crippen LogP contribution in [0.5, 0.6) is 0 Å². The zero-order valence-corrected chi connectivity index (χ0v) is 37.3. The van der Waals surface area contributed by atoms with Gasteiger partial charge in [0.1, 0.15) is 0 Å². The van der Waals surface area contributed by atoms with Gasteiger partial charge in [-0.15, -0.1) is 0 Å². The molecule has 12 nitrogen and oxygen atoms in total. The fourth-order valence-corrected chi connectivity index (χ4v) is 16.8. The lowest BCUT2D eigenvalue weighted by Gasteiger charge is -2.38. The minimum Gasteiger partial charge on any atom is -0.279 e. The van der Waals surface area contributed by atoms with Gasteiger partial charge in [-0.3, -0.25) is 58.0 Å². The van der Waals surface area contributed by atoms with Crippen LogP contribution in [0.4, 0.5) is 0 Å².